The summed E-state index contributed by atoms with van der Waals surface area (Å²) in [6.45, 7) is 3.24. The van der Waals surface area contributed by atoms with Gasteiger partial charge in [-0.25, -0.2) is 0 Å². The van der Waals surface area contributed by atoms with Crippen LogP contribution in [0.5, 0.6) is 0 Å². The van der Waals surface area contributed by atoms with Gasteiger partial charge in [-0.1, -0.05) is 60.1 Å². The molecule has 0 aromatic heterocycles. The lowest BCUT2D eigenvalue weighted by Crippen LogP contribution is -2.01. The Balaban J connectivity index is 2.21. The van der Waals surface area contributed by atoms with Gasteiger partial charge >= 0.3 is 0 Å². The first kappa shape index (κ1) is 13.9. The predicted molar refractivity (Wildman–Crippen MR) is 76.4 cm³/mol. The summed E-state index contributed by atoms with van der Waals surface area (Å²) in [6, 6.07) is 5.94. The molecule has 0 spiro atoms. The van der Waals surface area contributed by atoms with Crippen molar-refractivity contribution in [3.63, 3.8) is 0 Å². The summed E-state index contributed by atoms with van der Waals surface area (Å²) in [6.07, 6.45) is 6.50. The fourth-order valence-electron chi connectivity index (χ4n) is 1.58. The first-order chi connectivity index (χ1) is 7.74. The van der Waals surface area contributed by atoms with Gasteiger partial charge in [0.25, 0.3) is 0 Å². The fourth-order valence-corrected chi connectivity index (χ4v) is 2.32. The van der Waals surface area contributed by atoms with E-state index in [1.807, 2.05) is 18.2 Å². The maximum atomic E-state index is 6.10. The summed E-state index contributed by atoms with van der Waals surface area (Å²) in [4.78, 5) is 0. The molecule has 0 amide bonds. The van der Waals surface area contributed by atoms with Gasteiger partial charge in [-0.3, -0.25) is 0 Å². The van der Waals surface area contributed by atoms with Crippen LogP contribution in [-0.4, -0.2) is 6.54 Å². The van der Waals surface area contributed by atoms with Crippen LogP contribution in [0.3, 0.4) is 0 Å². The molecule has 1 nitrogen and oxygen atoms in total. The molecule has 90 valence electrons. The van der Waals surface area contributed by atoms with Crippen molar-refractivity contribution in [1.29, 1.82) is 0 Å². The Kier molecular flexibility index (Phi) is 6.90. The predicted octanol–water partition coefficient (Wildman–Crippen LogP) is 5.48. The zero-order valence-corrected chi connectivity index (χ0v) is 12.1. The molecule has 0 fully saturated rings. The van der Waals surface area contributed by atoms with Gasteiger partial charge in [0.2, 0.25) is 0 Å². The van der Waals surface area contributed by atoms with Crippen LogP contribution >= 0.6 is 27.5 Å². The first-order valence-electron chi connectivity index (χ1n) is 5.93. The van der Waals surface area contributed by atoms with Gasteiger partial charge in [-0.15, -0.1) is 0 Å². The monoisotopic (exact) mass is 303 g/mol. The van der Waals surface area contributed by atoms with Crippen LogP contribution < -0.4 is 5.32 Å². The number of unbranched alkanes of at least 4 members (excludes halogenated alkanes) is 4. The summed E-state index contributed by atoms with van der Waals surface area (Å²) in [5, 5.41) is 4.14. The van der Waals surface area contributed by atoms with E-state index >= 15 is 0 Å². The quantitative estimate of drug-likeness (QED) is 0.657. The van der Waals surface area contributed by atoms with Crippen LogP contribution in [0.15, 0.2) is 22.7 Å². The Morgan fingerprint density at radius 1 is 1.19 bits per heavy atom. The Bertz CT molecular complexity index is 315. The van der Waals surface area contributed by atoms with Gasteiger partial charge in [0, 0.05) is 11.0 Å². The van der Waals surface area contributed by atoms with E-state index in [1.165, 1.54) is 32.1 Å². The van der Waals surface area contributed by atoms with Gasteiger partial charge in [0.05, 0.1) is 10.7 Å². The number of nitrogens with one attached hydrogen (secondary N) is 1. The van der Waals surface area contributed by atoms with Crippen molar-refractivity contribution in [2.24, 2.45) is 0 Å². The molecule has 0 aliphatic rings. The van der Waals surface area contributed by atoms with Gasteiger partial charge in [-0.05, 0) is 24.6 Å². The van der Waals surface area contributed by atoms with E-state index in [2.05, 4.69) is 28.2 Å². The average Bonchev–Trinajstić information content (AvgIpc) is 2.26. The molecule has 1 rings (SSSR count). The lowest BCUT2D eigenvalue weighted by Gasteiger charge is -2.08. The van der Waals surface area contributed by atoms with Crippen LogP contribution in [0, 0.1) is 0 Å². The highest BCUT2D eigenvalue weighted by Gasteiger charge is 1.99. The minimum absolute atomic E-state index is 0.780. The Morgan fingerprint density at radius 2 is 1.94 bits per heavy atom. The minimum atomic E-state index is 0.780. The average molecular weight is 305 g/mol. The van der Waals surface area contributed by atoms with Crippen molar-refractivity contribution in [2.45, 2.75) is 39.0 Å². The molecule has 0 aliphatic carbocycles. The van der Waals surface area contributed by atoms with E-state index < -0.39 is 0 Å². The van der Waals surface area contributed by atoms with Crippen LogP contribution in [0.1, 0.15) is 39.0 Å². The maximum Gasteiger partial charge on any atom is 0.0648 e. The molecule has 0 saturated heterocycles. The van der Waals surface area contributed by atoms with Crippen molar-refractivity contribution < 1.29 is 0 Å². The zero-order chi connectivity index (χ0) is 11.8. The molecule has 0 heterocycles. The maximum absolute atomic E-state index is 6.10. The molecule has 16 heavy (non-hydrogen) atoms. The van der Waals surface area contributed by atoms with Crippen LogP contribution in [-0.2, 0) is 0 Å². The SMILES string of the molecule is CCCCCCCNc1ccc(Br)cc1Cl. The largest absolute Gasteiger partial charge is 0.384 e. The molecular formula is C13H19BrClN. The third-order valence-corrected chi connectivity index (χ3v) is 3.33. The summed E-state index contributed by atoms with van der Waals surface area (Å²) in [7, 11) is 0. The second-order valence-electron chi connectivity index (χ2n) is 3.97. The Labute approximate surface area is 112 Å². The third-order valence-electron chi connectivity index (χ3n) is 2.53. The molecular weight excluding hydrogens is 286 g/mol. The molecule has 0 bridgehead atoms. The summed E-state index contributed by atoms with van der Waals surface area (Å²) >= 11 is 9.49. The highest BCUT2D eigenvalue weighted by atomic mass is 79.9. The van der Waals surface area contributed by atoms with Gasteiger partial charge in [0.1, 0.15) is 0 Å². The lowest BCUT2D eigenvalue weighted by atomic mass is 10.1. The second-order valence-corrected chi connectivity index (χ2v) is 5.29. The Morgan fingerprint density at radius 3 is 2.62 bits per heavy atom. The van der Waals surface area contributed by atoms with E-state index in [0.717, 1.165) is 21.7 Å². The summed E-state index contributed by atoms with van der Waals surface area (Å²) in [5.41, 5.74) is 1.03. The van der Waals surface area contributed by atoms with Crippen molar-refractivity contribution in [3.8, 4) is 0 Å². The van der Waals surface area contributed by atoms with Gasteiger partial charge in [-0.2, -0.15) is 0 Å². The molecule has 1 N–H and O–H groups in total. The molecule has 0 atom stereocenters. The highest BCUT2D eigenvalue weighted by Crippen LogP contribution is 2.25. The van der Waals surface area contributed by atoms with Crippen LogP contribution in [0.2, 0.25) is 5.02 Å². The van der Waals surface area contributed by atoms with Crippen molar-refractivity contribution in [1.82, 2.24) is 0 Å². The first-order valence-corrected chi connectivity index (χ1v) is 7.10. The van der Waals surface area contributed by atoms with E-state index in [4.69, 9.17) is 11.6 Å². The molecule has 3 heteroatoms. The topological polar surface area (TPSA) is 12.0 Å². The van der Waals surface area contributed by atoms with Crippen LogP contribution in [0.25, 0.3) is 0 Å². The summed E-state index contributed by atoms with van der Waals surface area (Å²) in [5.74, 6) is 0. The normalized spacial score (nSPS) is 10.4. The zero-order valence-electron chi connectivity index (χ0n) is 9.73. The second kappa shape index (κ2) is 7.97. The van der Waals surface area contributed by atoms with Gasteiger partial charge in [0.15, 0.2) is 0 Å². The smallest absolute Gasteiger partial charge is 0.0648 e. The number of anilines is 1. The number of benzene rings is 1. The fraction of sp³-hybridized carbons (Fsp3) is 0.538. The van der Waals surface area contributed by atoms with Crippen molar-refractivity contribution in [2.75, 3.05) is 11.9 Å². The minimum Gasteiger partial charge on any atom is -0.384 e. The Hall–Kier alpha value is -0.210. The molecule has 0 aliphatic heterocycles. The van der Waals surface area contributed by atoms with E-state index in [0.29, 0.717) is 0 Å². The van der Waals surface area contributed by atoms with Gasteiger partial charge < -0.3 is 5.32 Å². The number of hydrogen-bond donors (Lipinski definition) is 1. The highest BCUT2D eigenvalue weighted by molar-refractivity contribution is 9.10. The number of rotatable bonds is 7. The molecule has 1 aromatic rings. The van der Waals surface area contributed by atoms with E-state index in [1.54, 1.807) is 0 Å². The molecule has 1 aromatic carbocycles. The lowest BCUT2D eigenvalue weighted by molar-refractivity contribution is 0.645. The van der Waals surface area contributed by atoms with E-state index in [9.17, 15) is 0 Å². The number of hydrogen-bond acceptors (Lipinski definition) is 1. The van der Waals surface area contributed by atoms with Crippen molar-refractivity contribution in [3.05, 3.63) is 27.7 Å². The van der Waals surface area contributed by atoms with E-state index in [-0.39, 0.29) is 0 Å². The van der Waals surface area contributed by atoms with Crippen LogP contribution in [0.4, 0.5) is 5.69 Å². The molecule has 0 unspecified atom stereocenters. The molecule has 0 saturated carbocycles. The standard InChI is InChI=1S/C13H19BrClN/c1-2-3-4-5-6-9-16-13-8-7-11(14)10-12(13)15/h7-8,10,16H,2-6,9H2,1H3. The summed E-state index contributed by atoms with van der Waals surface area (Å²) < 4.78 is 1.02. The molecule has 0 radical (unpaired) electrons. The number of halogens is 2. The third kappa shape index (κ3) is 5.22. The van der Waals surface area contributed by atoms with Crippen molar-refractivity contribution >= 4 is 33.2 Å².